The van der Waals surface area contributed by atoms with Crippen LogP contribution in [0.15, 0.2) is 0 Å². The molecule has 98 valence electrons. The van der Waals surface area contributed by atoms with Crippen LogP contribution in [0, 0.1) is 11.8 Å². The first-order valence-electron chi connectivity index (χ1n) is 7.19. The van der Waals surface area contributed by atoms with E-state index in [9.17, 15) is 4.79 Å². The van der Waals surface area contributed by atoms with Crippen LogP contribution in [0.2, 0.25) is 0 Å². The zero-order valence-corrected chi connectivity index (χ0v) is 11.2. The Balaban J connectivity index is 1.80. The molecule has 1 aliphatic carbocycles. The first kappa shape index (κ1) is 12.9. The van der Waals surface area contributed by atoms with Crippen molar-refractivity contribution in [3.8, 4) is 0 Å². The lowest BCUT2D eigenvalue weighted by molar-refractivity contribution is -0.124. The van der Waals surface area contributed by atoms with Gasteiger partial charge in [-0.15, -0.1) is 0 Å². The first-order chi connectivity index (χ1) is 8.15. The van der Waals surface area contributed by atoms with Crippen LogP contribution in [0.5, 0.6) is 0 Å². The number of piperidine rings is 1. The normalized spacial score (nSPS) is 38.7. The monoisotopic (exact) mass is 238 g/mol. The molecule has 3 nitrogen and oxygen atoms in total. The Hall–Kier alpha value is -0.570. The lowest BCUT2D eigenvalue weighted by atomic mass is 9.80. The quantitative estimate of drug-likeness (QED) is 0.773. The maximum atomic E-state index is 12.1. The van der Waals surface area contributed by atoms with Crippen LogP contribution in [-0.4, -0.2) is 24.5 Å². The summed E-state index contributed by atoms with van der Waals surface area (Å²) >= 11 is 0. The van der Waals surface area contributed by atoms with Crippen LogP contribution in [0.1, 0.15) is 52.4 Å². The zero-order chi connectivity index (χ0) is 12.3. The van der Waals surface area contributed by atoms with Crippen molar-refractivity contribution in [2.24, 2.45) is 11.8 Å². The van der Waals surface area contributed by atoms with Crippen LogP contribution >= 0.6 is 0 Å². The molecule has 2 aliphatic rings. The van der Waals surface area contributed by atoms with Gasteiger partial charge in [-0.1, -0.05) is 20.3 Å². The largest absolute Gasteiger partial charge is 0.352 e. The van der Waals surface area contributed by atoms with Gasteiger partial charge in [0.1, 0.15) is 0 Å². The Labute approximate surface area is 105 Å². The van der Waals surface area contributed by atoms with E-state index >= 15 is 0 Å². The minimum Gasteiger partial charge on any atom is -0.352 e. The van der Waals surface area contributed by atoms with Crippen molar-refractivity contribution >= 4 is 5.91 Å². The SMILES string of the molecule is CC1CC(C)CC(NC(=O)C2CCCCN2)C1. The molecule has 1 amide bonds. The van der Waals surface area contributed by atoms with Crippen molar-refractivity contribution in [2.45, 2.75) is 64.5 Å². The molecule has 1 saturated heterocycles. The summed E-state index contributed by atoms with van der Waals surface area (Å²) in [6, 6.07) is 0.473. The second-order valence-electron chi connectivity index (χ2n) is 6.13. The topological polar surface area (TPSA) is 41.1 Å². The third kappa shape index (κ3) is 3.70. The van der Waals surface area contributed by atoms with Gasteiger partial charge in [0.2, 0.25) is 5.91 Å². The Morgan fingerprint density at radius 3 is 2.41 bits per heavy atom. The second-order valence-corrected chi connectivity index (χ2v) is 6.13. The summed E-state index contributed by atoms with van der Waals surface area (Å²) < 4.78 is 0. The van der Waals surface area contributed by atoms with Crippen LogP contribution in [0.3, 0.4) is 0 Å². The number of nitrogens with one attached hydrogen (secondary N) is 2. The van der Waals surface area contributed by atoms with Crippen LogP contribution in [0.25, 0.3) is 0 Å². The predicted octanol–water partition coefficient (Wildman–Crippen LogP) is 2.07. The summed E-state index contributed by atoms with van der Waals surface area (Å²) in [5.74, 6) is 1.74. The van der Waals surface area contributed by atoms with Crippen LogP contribution < -0.4 is 10.6 Å². The molecule has 0 spiro atoms. The van der Waals surface area contributed by atoms with E-state index in [0.29, 0.717) is 6.04 Å². The molecule has 1 aliphatic heterocycles. The highest BCUT2D eigenvalue weighted by Gasteiger charge is 2.27. The number of rotatable bonds is 2. The Bertz CT molecular complexity index is 251. The molecule has 3 unspecified atom stereocenters. The second kappa shape index (κ2) is 5.85. The Morgan fingerprint density at radius 2 is 1.82 bits per heavy atom. The molecule has 2 rings (SSSR count). The fourth-order valence-electron chi connectivity index (χ4n) is 3.44. The van der Waals surface area contributed by atoms with Crippen molar-refractivity contribution in [1.82, 2.24) is 10.6 Å². The molecule has 0 aromatic heterocycles. The third-order valence-corrected chi connectivity index (χ3v) is 4.15. The fraction of sp³-hybridized carbons (Fsp3) is 0.929. The number of hydrogen-bond acceptors (Lipinski definition) is 2. The van der Waals surface area contributed by atoms with E-state index in [1.165, 1.54) is 19.3 Å². The van der Waals surface area contributed by atoms with Crippen LogP contribution in [0.4, 0.5) is 0 Å². The highest BCUT2D eigenvalue weighted by Crippen LogP contribution is 2.28. The van der Waals surface area contributed by atoms with E-state index in [-0.39, 0.29) is 11.9 Å². The van der Waals surface area contributed by atoms with Gasteiger partial charge in [-0.25, -0.2) is 0 Å². The summed E-state index contributed by atoms with van der Waals surface area (Å²) in [4.78, 5) is 12.1. The molecule has 3 atom stereocenters. The highest BCUT2D eigenvalue weighted by atomic mass is 16.2. The molecule has 0 bridgehead atoms. The van der Waals surface area contributed by atoms with Gasteiger partial charge in [-0.3, -0.25) is 4.79 Å². The van der Waals surface area contributed by atoms with Gasteiger partial charge in [0, 0.05) is 6.04 Å². The maximum absolute atomic E-state index is 12.1. The van der Waals surface area contributed by atoms with Gasteiger partial charge in [0.15, 0.2) is 0 Å². The lowest BCUT2D eigenvalue weighted by Gasteiger charge is -2.33. The van der Waals surface area contributed by atoms with E-state index < -0.39 is 0 Å². The van der Waals surface area contributed by atoms with E-state index in [0.717, 1.165) is 37.6 Å². The first-order valence-corrected chi connectivity index (χ1v) is 7.19. The standard InChI is InChI=1S/C14H26N2O/c1-10-7-11(2)9-12(8-10)16-14(17)13-5-3-4-6-15-13/h10-13,15H,3-9H2,1-2H3,(H,16,17). The number of carbonyl (C=O) groups excluding carboxylic acids is 1. The number of amides is 1. The smallest absolute Gasteiger partial charge is 0.237 e. The van der Waals surface area contributed by atoms with Gasteiger partial charge in [0.25, 0.3) is 0 Å². The summed E-state index contributed by atoms with van der Waals surface area (Å²) in [5.41, 5.74) is 0. The van der Waals surface area contributed by atoms with Crippen molar-refractivity contribution in [3.63, 3.8) is 0 Å². The van der Waals surface area contributed by atoms with Crippen molar-refractivity contribution < 1.29 is 4.79 Å². The third-order valence-electron chi connectivity index (χ3n) is 4.15. The molecule has 2 fully saturated rings. The van der Waals surface area contributed by atoms with Gasteiger partial charge in [-0.05, 0) is 50.5 Å². The average Bonchev–Trinajstić information content (AvgIpc) is 2.28. The molecular formula is C14H26N2O. The minimum atomic E-state index is 0.0660. The van der Waals surface area contributed by atoms with Crippen LogP contribution in [-0.2, 0) is 4.79 Å². The lowest BCUT2D eigenvalue weighted by Crippen LogP contribution is -2.50. The molecule has 3 heteroatoms. The highest BCUT2D eigenvalue weighted by molar-refractivity contribution is 5.82. The number of hydrogen-bond donors (Lipinski definition) is 2. The zero-order valence-electron chi connectivity index (χ0n) is 11.2. The molecule has 0 aromatic carbocycles. The summed E-state index contributed by atoms with van der Waals surface area (Å²) in [7, 11) is 0. The maximum Gasteiger partial charge on any atom is 0.237 e. The van der Waals surface area contributed by atoms with E-state index in [1.807, 2.05) is 0 Å². The van der Waals surface area contributed by atoms with Crippen molar-refractivity contribution in [2.75, 3.05) is 6.54 Å². The molecular weight excluding hydrogens is 212 g/mol. The number of carbonyl (C=O) groups is 1. The summed E-state index contributed by atoms with van der Waals surface area (Å²) in [6.07, 6.45) is 7.02. The Kier molecular flexibility index (Phi) is 4.43. The minimum absolute atomic E-state index is 0.0660. The summed E-state index contributed by atoms with van der Waals surface area (Å²) in [6.45, 7) is 5.59. The molecule has 17 heavy (non-hydrogen) atoms. The average molecular weight is 238 g/mol. The van der Waals surface area contributed by atoms with E-state index in [4.69, 9.17) is 0 Å². The predicted molar refractivity (Wildman–Crippen MR) is 69.8 cm³/mol. The van der Waals surface area contributed by atoms with Crippen molar-refractivity contribution in [3.05, 3.63) is 0 Å². The molecule has 1 saturated carbocycles. The molecule has 0 radical (unpaired) electrons. The van der Waals surface area contributed by atoms with Gasteiger partial charge in [-0.2, -0.15) is 0 Å². The van der Waals surface area contributed by atoms with E-state index in [1.54, 1.807) is 0 Å². The summed E-state index contributed by atoms with van der Waals surface area (Å²) in [5, 5.41) is 6.57. The van der Waals surface area contributed by atoms with Gasteiger partial charge < -0.3 is 10.6 Å². The molecule has 2 N–H and O–H groups in total. The van der Waals surface area contributed by atoms with Gasteiger partial charge >= 0.3 is 0 Å². The Morgan fingerprint density at radius 1 is 1.12 bits per heavy atom. The van der Waals surface area contributed by atoms with Crippen molar-refractivity contribution in [1.29, 1.82) is 0 Å². The fourth-order valence-corrected chi connectivity index (χ4v) is 3.44. The molecule has 1 heterocycles. The van der Waals surface area contributed by atoms with Gasteiger partial charge in [0.05, 0.1) is 6.04 Å². The molecule has 0 aromatic rings. The van der Waals surface area contributed by atoms with E-state index in [2.05, 4.69) is 24.5 Å².